The van der Waals surface area contributed by atoms with E-state index >= 15 is 0 Å². The fourth-order valence-electron chi connectivity index (χ4n) is 2.95. The third kappa shape index (κ3) is 4.21. The maximum Gasteiger partial charge on any atom is 0.410 e. The highest BCUT2D eigenvalue weighted by molar-refractivity contribution is 5.83. The van der Waals surface area contributed by atoms with E-state index < -0.39 is 11.0 Å². The third-order valence-corrected chi connectivity index (χ3v) is 4.27. The number of carbonyl (C=O) groups is 2. The summed E-state index contributed by atoms with van der Waals surface area (Å²) >= 11 is 0. The topological polar surface area (TPSA) is 78.0 Å². The highest BCUT2D eigenvalue weighted by atomic mass is 16.6. The molecule has 1 aromatic heterocycles. The smallest absolute Gasteiger partial charge is 0.410 e. The Balaban J connectivity index is 2.22. The SMILES string of the molecule is COC(=O)C1(c2cccc(OC)n2)CCN(C(=O)OC(C)(C)C)CC1. The molecule has 1 aromatic rings. The van der Waals surface area contributed by atoms with Gasteiger partial charge in [0.05, 0.1) is 19.9 Å². The van der Waals surface area contributed by atoms with Crippen LogP contribution in [0.25, 0.3) is 0 Å². The molecule has 1 fully saturated rings. The number of ether oxygens (including phenoxy) is 3. The van der Waals surface area contributed by atoms with E-state index in [0.29, 0.717) is 37.5 Å². The third-order valence-electron chi connectivity index (χ3n) is 4.27. The van der Waals surface area contributed by atoms with Gasteiger partial charge in [0.2, 0.25) is 5.88 Å². The number of pyridine rings is 1. The molecule has 0 unspecified atom stereocenters. The van der Waals surface area contributed by atoms with E-state index in [1.54, 1.807) is 23.1 Å². The predicted octanol–water partition coefficient (Wildman–Crippen LogP) is 2.53. The van der Waals surface area contributed by atoms with Crippen molar-refractivity contribution in [2.75, 3.05) is 27.3 Å². The van der Waals surface area contributed by atoms with Gasteiger partial charge in [0.15, 0.2) is 0 Å². The molecule has 0 aromatic carbocycles. The maximum absolute atomic E-state index is 12.6. The maximum atomic E-state index is 12.6. The van der Waals surface area contributed by atoms with Gasteiger partial charge < -0.3 is 19.1 Å². The van der Waals surface area contributed by atoms with Gasteiger partial charge in [-0.2, -0.15) is 0 Å². The van der Waals surface area contributed by atoms with E-state index in [1.165, 1.54) is 14.2 Å². The van der Waals surface area contributed by atoms with Crippen LogP contribution >= 0.6 is 0 Å². The van der Waals surface area contributed by atoms with Crippen LogP contribution in [0.4, 0.5) is 4.79 Å². The number of rotatable bonds is 3. The number of carbonyl (C=O) groups excluding carboxylic acids is 2. The molecule has 0 aliphatic carbocycles. The lowest BCUT2D eigenvalue weighted by Gasteiger charge is -2.39. The van der Waals surface area contributed by atoms with Crippen molar-refractivity contribution in [2.24, 2.45) is 0 Å². The normalized spacial score (nSPS) is 16.9. The molecule has 0 bridgehead atoms. The Morgan fingerprint density at radius 3 is 2.32 bits per heavy atom. The second-order valence-electron chi connectivity index (χ2n) is 7.11. The van der Waals surface area contributed by atoms with Gasteiger partial charge in [0, 0.05) is 19.2 Å². The first-order valence-electron chi connectivity index (χ1n) is 8.30. The van der Waals surface area contributed by atoms with E-state index in [4.69, 9.17) is 14.2 Å². The van der Waals surface area contributed by atoms with Crippen molar-refractivity contribution in [3.63, 3.8) is 0 Å². The highest BCUT2D eigenvalue weighted by Crippen LogP contribution is 2.37. The van der Waals surface area contributed by atoms with Crippen molar-refractivity contribution in [2.45, 2.75) is 44.6 Å². The number of aromatic nitrogens is 1. The van der Waals surface area contributed by atoms with E-state index in [1.807, 2.05) is 20.8 Å². The minimum absolute atomic E-state index is 0.350. The van der Waals surface area contributed by atoms with Crippen LogP contribution < -0.4 is 4.74 Å². The summed E-state index contributed by atoms with van der Waals surface area (Å²) in [4.78, 5) is 30.9. The molecule has 0 N–H and O–H groups in total. The minimum atomic E-state index is -0.887. The van der Waals surface area contributed by atoms with Crippen molar-refractivity contribution in [3.8, 4) is 5.88 Å². The van der Waals surface area contributed by atoms with Gasteiger partial charge in [-0.3, -0.25) is 4.79 Å². The number of esters is 1. The van der Waals surface area contributed by atoms with Crippen molar-refractivity contribution in [1.82, 2.24) is 9.88 Å². The van der Waals surface area contributed by atoms with Gasteiger partial charge in [-0.05, 0) is 39.7 Å². The van der Waals surface area contributed by atoms with Crippen LogP contribution in [0.5, 0.6) is 5.88 Å². The van der Waals surface area contributed by atoms with Crippen LogP contribution in [0.1, 0.15) is 39.3 Å². The zero-order chi connectivity index (χ0) is 18.7. The molecular weight excluding hydrogens is 324 g/mol. The van der Waals surface area contributed by atoms with Crippen molar-refractivity contribution >= 4 is 12.1 Å². The van der Waals surface area contributed by atoms with Crippen LogP contribution in [0.15, 0.2) is 18.2 Å². The molecule has 7 heteroatoms. The lowest BCUT2D eigenvalue weighted by atomic mass is 9.75. The number of amides is 1. The summed E-state index contributed by atoms with van der Waals surface area (Å²) in [6, 6.07) is 5.32. The molecule has 0 radical (unpaired) electrons. The molecule has 2 heterocycles. The minimum Gasteiger partial charge on any atom is -0.481 e. The largest absolute Gasteiger partial charge is 0.481 e. The number of hydrogen-bond donors (Lipinski definition) is 0. The predicted molar refractivity (Wildman–Crippen MR) is 91.5 cm³/mol. The number of piperidine rings is 1. The van der Waals surface area contributed by atoms with Crippen LogP contribution in [-0.4, -0.2) is 54.9 Å². The van der Waals surface area contributed by atoms with Gasteiger partial charge >= 0.3 is 12.1 Å². The quantitative estimate of drug-likeness (QED) is 0.780. The Morgan fingerprint density at radius 2 is 1.80 bits per heavy atom. The van der Waals surface area contributed by atoms with Gasteiger partial charge in [0.25, 0.3) is 0 Å². The lowest BCUT2D eigenvalue weighted by Crippen LogP contribution is -2.50. The zero-order valence-electron chi connectivity index (χ0n) is 15.5. The number of nitrogens with zero attached hydrogens (tertiary/aromatic N) is 2. The Bertz CT molecular complexity index is 631. The molecule has 1 aliphatic heterocycles. The molecule has 2 rings (SSSR count). The van der Waals surface area contributed by atoms with Gasteiger partial charge in [-0.1, -0.05) is 6.07 Å². The second-order valence-corrected chi connectivity index (χ2v) is 7.11. The van der Waals surface area contributed by atoms with E-state index in [2.05, 4.69) is 4.98 Å². The van der Waals surface area contributed by atoms with Gasteiger partial charge in [0.1, 0.15) is 11.0 Å². The number of likely N-dealkylation sites (tertiary alicyclic amines) is 1. The summed E-state index contributed by atoms with van der Waals surface area (Å²) in [7, 11) is 2.90. The van der Waals surface area contributed by atoms with Crippen LogP contribution in [0, 0.1) is 0 Å². The zero-order valence-corrected chi connectivity index (χ0v) is 15.5. The first kappa shape index (κ1) is 19.0. The summed E-state index contributed by atoms with van der Waals surface area (Å²) in [6.45, 7) is 6.26. The molecule has 25 heavy (non-hydrogen) atoms. The molecule has 0 atom stereocenters. The Hall–Kier alpha value is -2.31. The summed E-state index contributed by atoms with van der Waals surface area (Å²) in [5.41, 5.74) is -0.841. The van der Waals surface area contributed by atoms with E-state index in [9.17, 15) is 9.59 Å². The number of methoxy groups -OCH3 is 2. The van der Waals surface area contributed by atoms with Crippen LogP contribution in [0.3, 0.4) is 0 Å². The van der Waals surface area contributed by atoms with Gasteiger partial charge in [-0.25, -0.2) is 9.78 Å². The molecular formula is C18H26N2O5. The van der Waals surface area contributed by atoms with E-state index in [-0.39, 0.29) is 12.1 Å². The Labute approximate surface area is 148 Å². The monoisotopic (exact) mass is 350 g/mol. The number of hydrogen-bond acceptors (Lipinski definition) is 6. The molecule has 0 spiro atoms. The highest BCUT2D eigenvalue weighted by Gasteiger charge is 2.46. The summed E-state index contributed by atoms with van der Waals surface area (Å²) in [6.07, 6.45) is 0.461. The second kappa shape index (κ2) is 7.29. The van der Waals surface area contributed by atoms with E-state index in [0.717, 1.165) is 0 Å². The first-order valence-corrected chi connectivity index (χ1v) is 8.30. The Morgan fingerprint density at radius 1 is 1.16 bits per heavy atom. The molecule has 7 nitrogen and oxygen atoms in total. The summed E-state index contributed by atoms with van der Waals surface area (Å²) < 4.78 is 15.6. The molecule has 1 amide bonds. The Kier molecular flexibility index (Phi) is 5.55. The summed E-state index contributed by atoms with van der Waals surface area (Å²) in [5, 5.41) is 0. The average molecular weight is 350 g/mol. The van der Waals surface area contributed by atoms with Crippen molar-refractivity contribution in [3.05, 3.63) is 23.9 Å². The molecule has 138 valence electrons. The first-order chi connectivity index (χ1) is 11.7. The van der Waals surface area contributed by atoms with Crippen molar-refractivity contribution in [1.29, 1.82) is 0 Å². The standard InChI is InChI=1S/C18H26N2O5/c1-17(2,3)25-16(22)20-11-9-18(10-12-20,15(21)24-5)13-7-6-8-14(19-13)23-4/h6-8H,9-12H2,1-5H3. The average Bonchev–Trinajstić information content (AvgIpc) is 2.59. The molecule has 1 saturated heterocycles. The van der Waals surface area contributed by atoms with Gasteiger partial charge in [-0.15, -0.1) is 0 Å². The van der Waals surface area contributed by atoms with Crippen molar-refractivity contribution < 1.29 is 23.8 Å². The molecule has 1 aliphatic rings. The summed E-state index contributed by atoms with van der Waals surface area (Å²) in [5.74, 6) is 0.0902. The lowest BCUT2D eigenvalue weighted by molar-refractivity contribution is -0.150. The fourth-order valence-corrected chi connectivity index (χ4v) is 2.95. The van der Waals surface area contributed by atoms with Crippen LogP contribution in [0.2, 0.25) is 0 Å². The van der Waals surface area contributed by atoms with Crippen LogP contribution in [-0.2, 0) is 19.7 Å². The molecule has 0 saturated carbocycles. The fraction of sp³-hybridized carbons (Fsp3) is 0.611.